The average molecular weight is 346 g/mol. The molecule has 0 heterocycles. The molecule has 1 aromatic carbocycles. The zero-order chi connectivity index (χ0) is 14.8. The monoisotopic (exact) mass is 345 g/mol. The van der Waals surface area contributed by atoms with Crippen LogP contribution in [0, 0.1) is 17.0 Å². The molecule has 110 valence electrons. The Morgan fingerprint density at radius 3 is 2.50 bits per heavy atom. The van der Waals surface area contributed by atoms with E-state index in [2.05, 4.69) is 15.9 Å². The number of carbonyl (C=O) groups is 1. The summed E-state index contributed by atoms with van der Waals surface area (Å²) in [4.78, 5) is 12.3. The summed E-state index contributed by atoms with van der Waals surface area (Å²) < 4.78 is 27.8. The van der Waals surface area contributed by atoms with E-state index in [4.69, 9.17) is 5.73 Å². The molecule has 1 aliphatic carbocycles. The second kappa shape index (κ2) is 6.31. The van der Waals surface area contributed by atoms with Crippen LogP contribution in [0.5, 0.6) is 0 Å². The van der Waals surface area contributed by atoms with Gasteiger partial charge in [-0.05, 0) is 52.9 Å². The van der Waals surface area contributed by atoms with Crippen LogP contribution >= 0.6 is 15.9 Å². The van der Waals surface area contributed by atoms with Gasteiger partial charge in [-0.3, -0.25) is 4.79 Å². The maximum atomic E-state index is 14.0. The first-order valence-corrected chi connectivity index (χ1v) is 7.65. The number of benzene rings is 1. The fourth-order valence-corrected chi connectivity index (χ4v) is 3.30. The average Bonchev–Trinajstić information content (AvgIpc) is 2.44. The highest BCUT2D eigenvalue weighted by molar-refractivity contribution is 9.10. The largest absolute Gasteiger partial charge is 0.330 e. The van der Waals surface area contributed by atoms with E-state index in [1.807, 2.05) is 0 Å². The number of hydrogen-bond donors (Lipinski definition) is 1. The Morgan fingerprint density at radius 1 is 1.25 bits per heavy atom. The lowest BCUT2D eigenvalue weighted by molar-refractivity contribution is 0.0859. The molecule has 0 saturated heterocycles. The van der Waals surface area contributed by atoms with Gasteiger partial charge in [0, 0.05) is 6.42 Å². The lowest BCUT2D eigenvalue weighted by Gasteiger charge is -2.35. The van der Waals surface area contributed by atoms with Crippen LogP contribution in [-0.4, -0.2) is 12.3 Å². The Balaban J connectivity index is 2.26. The molecular formula is C15H18BrF2NO. The number of halogens is 3. The molecule has 2 N–H and O–H groups in total. The molecule has 5 heteroatoms. The highest BCUT2D eigenvalue weighted by Gasteiger charge is 2.34. The zero-order valence-electron chi connectivity index (χ0n) is 11.2. The third kappa shape index (κ3) is 3.09. The second-order valence-electron chi connectivity index (χ2n) is 5.58. The lowest BCUT2D eigenvalue weighted by Crippen LogP contribution is -2.35. The van der Waals surface area contributed by atoms with Gasteiger partial charge in [0.25, 0.3) is 0 Å². The van der Waals surface area contributed by atoms with E-state index in [9.17, 15) is 13.6 Å². The van der Waals surface area contributed by atoms with Gasteiger partial charge in [0.2, 0.25) is 0 Å². The van der Waals surface area contributed by atoms with E-state index in [-0.39, 0.29) is 16.3 Å². The first-order chi connectivity index (χ1) is 9.49. The summed E-state index contributed by atoms with van der Waals surface area (Å²) in [5.74, 6) is -2.12. The van der Waals surface area contributed by atoms with E-state index in [1.165, 1.54) is 6.07 Å². The number of rotatable bonds is 4. The van der Waals surface area contributed by atoms with Crippen LogP contribution in [0.4, 0.5) is 8.78 Å². The second-order valence-corrected chi connectivity index (χ2v) is 6.44. The van der Waals surface area contributed by atoms with Crippen LogP contribution in [0.25, 0.3) is 0 Å². The minimum atomic E-state index is -0.821. The molecule has 0 aromatic heterocycles. The highest BCUT2D eigenvalue weighted by Crippen LogP contribution is 2.39. The van der Waals surface area contributed by atoms with Gasteiger partial charge in [0.15, 0.2) is 11.6 Å². The fraction of sp³-hybridized carbons (Fsp3) is 0.533. The third-order valence-corrected chi connectivity index (χ3v) is 4.82. The molecule has 1 saturated carbocycles. The molecule has 1 fully saturated rings. The van der Waals surface area contributed by atoms with Crippen molar-refractivity contribution in [2.45, 2.75) is 38.5 Å². The van der Waals surface area contributed by atoms with Gasteiger partial charge in [0.1, 0.15) is 5.82 Å². The van der Waals surface area contributed by atoms with E-state index < -0.39 is 23.0 Å². The van der Waals surface area contributed by atoms with Crippen LogP contribution in [-0.2, 0) is 0 Å². The van der Waals surface area contributed by atoms with Crippen molar-refractivity contribution in [1.82, 2.24) is 0 Å². The molecule has 1 aliphatic rings. The standard InChI is InChI=1S/C15H18BrF2NO/c16-10-4-5-11(17)13(14(10)18)12(20)8-15(9-19)6-2-1-3-7-15/h4-5H,1-3,6-9,19H2. The number of Topliss-reactive ketones (excluding diaryl/α,β-unsaturated/α-hetero) is 1. The van der Waals surface area contributed by atoms with Crippen molar-refractivity contribution < 1.29 is 13.6 Å². The molecule has 0 aliphatic heterocycles. The summed E-state index contributed by atoms with van der Waals surface area (Å²) >= 11 is 2.99. The van der Waals surface area contributed by atoms with Gasteiger partial charge in [-0.25, -0.2) is 8.78 Å². The van der Waals surface area contributed by atoms with Gasteiger partial charge in [-0.15, -0.1) is 0 Å². The molecule has 2 nitrogen and oxygen atoms in total. The van der Waals surface area contributed by atoms with Gasteiger partial charge in [-0.2, -0.15) is 0 Å². The number of nitrogens with two attached hydrogens (primary N) is 1. The van der Waals surface area contributed by atoms with E-state index >= 15 is 0 Å². The first kappa shape index (κ1) is 15.6. The maximum Gasteiger partial charge on any atom is 0.169 e. The van der Waals surface area contributed by atoms with Crippen molar-refractivity contribution in [1.29, 1.82) is 0 Å². The Hall–Kier alpha value is -0.810. The van der Waals surface area contributed by atoms with Gasteiger partial charge < -0.3 is 5.73 Å². The van der Waals surface area contributed by atoms with E-state index in [0.29, 0.717) is 6.54 Å². The summed E-state index contributed by atoms with van der Waals surface area (Å²) in [5, 5.41) is 0. The molecule has 2 rings (SSSR count). The molecule has 0 atom stereocenters. The van der Waals surface area contributed by atoms with E-state index in [0.717, 1.165) is 38.2 Å². The highest BCUT2D eigenvalue weighted by atomic mass is 79.9. The SMILES string of the molecule is NCC1(CC(=O)c2c(F)ccc(Br)c2F)CCCCC1. The smallest absolute Gasteiger partial charge is 0.169 e. The minimum Gasteiger partial charge on any atom is -0.330 e. The van der Waals surface area contributed by atoms with Crippen LogP contribution in [0.1, 0.15) is 48.9 Å². The Morgan fingerprint density at radius 2 is 1.90 bits per heavy atom. The Bertz CT molecular complexity index is 513. The molecule has 1 aromatic rings. The molecule has 0 amide bonds. The van der Waals surface area contributed by atoms with Crippen molar-refractivity contribution in [3.05, 3.63) is 33.8 Å². The zero-order valence-corrected chi connectivity index (χ0v) is 12.8. The van der Waals surface area contributed by atoms with Crippen LogP contribution in [0.3, 0.4) is 0 Å². The minimum absolute atomic E-state index is 0.104. The molecule has 0 spiro atoms. The topological polar surface area (TPSA) is 43.1 Å². The Labute approximate surface area is 125 Å². The van der Waals surface area contributed by atoms with Crippen molar-refractivity contribution in [3.63, 3.8) is 0 Å². The number of ketones is 1. The third-order valence-electron chi connectivity index (χ3n) is 4.21. The fourth-order valence-electron chi connectivity index (χ4n) is 2.97. The molecule has 0 radical (unpaired) electrons. The van der Waals surface area contributed by atoms with Crippen LogP contribution < -0.4 is 5.73 Å². The summed E-state index contributed by atoms with van der Waals surface area (Å²) in [5.41, 5.74) is 5.08. The lowest BCUT2D eigenvalue weighted by atomic mass is 9.70. The summed E-state index contributed by atoms with van der Waals surface area (Å²) in [6.07, 6.45) is 5.00. The van der Waals surface area contributed by atoms with E-state index in [1.54, 1.807) is 0 Å². The van der Waals surface area contributed by atoms with Crippen molar-refractivity contribution in [2.75, 3.05) is 6.54 Å². The molecular weight excluding hydrogens is 328 g/mol. The number of carbonyl (C=O) groups excluding carboxylic acids is 1. The van der Waals surface area contributed by atoms with Gasteiger partial charge in [-0.1, -0.05) is 19.3 Å². The predicted octanol–water partition coefficient (Wildman–Crippen LogP) is 4.21. The quantitative estimate of drug-likeness (QED) is 0.656. The van der Waals surface area contributed by atoms with Crippen molar-refractivity contribution >= 4 is 21.7 Å². The normalized spacial score (nSPS) is 18.0. The maximum absolute atomic E-state index is 14.0. The van der Waals surface area contributed by atoms with Crippen molar-refractivity contribution in [2.24, 2.45) is 11.1 Å². The number of hydrogen-bond acceptors (Lipinski definition) is 2. The predicted molar refractivity (Wildman–Crippen MR) is 77.6 cm³/mol. The summed E-state index contributed by atoms with van der Waals surface area (Å²) in [6.45, 7) is 0.385. The van der Waals surface area contributed by atoms with Gasteiger partial charge in [0.05, 0.1) is 10.0 Å². The molecule has 0 unspecified atom stereocenters. The van der Waals surface area contributed by atoms with Gasteiger partial charge >= 0.3 is 0 Å². The molecule has 0 bridgehead atoms. The first-order valence-electron chi connectivity index (χ1n) is 6.86. The van der Waals surface area contributed by atoms with Crippen molar-refractivity contribution in [3.8, 4) is 0 Å². The molecule has 20 heavy (non-hydrogen) atoms. The van der Waals surface area contributed by atoms with Crippen LogP contribution in [0.15, 0.2) is 16.6 Å². The summed E-state index contributed by atoms with van der Waals surface area (Å²) in [6, 6.07) is 2.37. The Kier molecular flexibility index (Phi) is 4.91. The van der Waals surface area contributed by atoms with Crippen LogP contribution in [0.2, 0.25) is 0 Å². The summed E-state index contributed by atoms with van der Waals surface area (Å²) in [7, 11) is 0.